The molecule has 2 heterocycles. The van der Waals surface area contributed by atoms with Crippen LogP contribution in [0.3, 0.4) is 0 Å². The van der Waals surface area contributed by atoms with Gasteiger partial charge in [-0.3, -0.25) is 9.59 Å². The molecule has 27 heavy (non-hydrogen) atoms. The van der Waals surface area contributed by atoms with Crippen molar-refractivity contribution in [2.75, 3.05) is 34.8 Å². The Bertz CT molecular complexity index is 830. The van der Waals surface area contributed by atoms with Crippen LogP contribution in [0.1, 0.15) is 19.3 Å². The van der Waals surface area contributed by atoms with E-state index in [1.807, 2.05) is 24.3 Å². The molecule has 1 N–H and O–H groups in total. The van der Waals surface area contributed by atoms with E-state index in [9.17, 15) is 9.59 Å². The van der Waals surface area contributed by atoms with Gasteiger partial charge in [0.15, 0.2) is 0 Å². The molecule has 2 saturated heterocycles. The Kier molecular flexibility index (Phi) is 5.03. The zero-order valence-corrected chi connectivity index (χ0v) is 15.8. The number of amides is 2. The van der Waals surface area contributed by atoms with E-state index in [4.69, 9.17) is 11.6 Å². The third kappa shape index (κ3) is 3.93. The normalized spacial score (nSPS) is 19.6. The fourth-order valence-corrected chi connectivity index (χ4v) is 3.85. The Morgan fingerprint density at radius 3 is 2.26 bits per heavy atom. The number of carbonyl (C=O) groups excluding carboxylic acids is 2. The second-order valence-corrected chi connectivity index (χ2v) is 7.55. The SMILES string of the molecule is O=C(Nc1ccc(N2CCCC2)cc1)C1CC(=O)N(c2ccc(Cl)cc2)C1. The molecule has 4 rings (SSSR count). The zero-order chi connectivity index (χ0) is 18.8. The van der Waals surface area contributed by atoms with Crippen LogP contribution in [0.15, 0.2) is 48.5 Å². The van der Waals surface area contributed by atoms with Crippen LogP contribution < -0.4 is 15.1 Å². The van der Waals surface area contributed by atoms with Gasteiger partial charge in [-0.05, 0) is 61.4 Å². The van der Waals surface area contributed by atoms with Crippen molar-refractivity contribution in [3.8, 4) is 0 Å². The fraction of sp³-hybridized carbons (Fsp3) is 0.333. The molecule has 0 bridgehead atoms. The van der Waals surface area contributed by atoms with E-state index in [0.717, 1.165) is 24.5 Å². The molecule has 2 fully saturated rings. The summed E-state index contributed by atoms with van der Waals surface area (Å²) in [5, 5.41) is 3.57. The van der Waals surface area contributed by atoms with Crippen LogP contribution in [0, 0.1) is 5.92 Å². The van der Waals surface area contributed by atoms with Crippen LogP contribution in [-0.2, 0) is 9.59 Å². The lowest BCUT2D eigenvalue weighted by Crippen LogP contribution is -2.28. The topological polar surface area (TPSA) is 52.7 Å². The highest BCUT2D eigenvalue weighted by Gasteiger charge is 2.35. The summed E-state index contributed by atoms with van der Waals surface area (Å²) >= 11 is 5.91. The highest BCUT2D eigenvalue weighted by molar-refractivity contribution is 6.30. The Labute approximate surface area is 163 Å². The maximum atomic E-state index is 12.6. The molecular formula is C21H22ClN3O2. The number of rotatable bonds is 4. The van der Waals surface area contributed by atoms with Gasteiger partial charge in [0, 0.05) is 48.1 Å². The smallest absolute Gasteiger partial charge is 0.229 e. The number of nitrogens with zero attached hydrogens (tertiary/aromatic N) is 2. The summed E-state index contributed by atoms with van der Waals surface area (Å²) in [5.41, 5.74) is 2.73. The Hall–Kier alpha value is -2.53. The highest BCUT2D eigenvalue weighted by atomic mass is 35.5. The van der Waals surface area contributed by atoms with Gasteiger partial charge in [-0.25, -0.2) is 0 Å². The summed E-state index contributed by atoms with van der Waals surface area (Å²) in [6.07, 6.45) is 2.69. The predicted octanol–water partition coefficient (Wildman–Crippen LogP) is 3.93. The molecule has 2 amide bonds. The minimum Gasteiger partial charge on any atom is -0.372 e. The van der Waals surface area contributed by atoms with Crippen LogP contribution in [-0.4, -0.2) is 31.4 Å². The van der Waals surface area contributed by atoms with E-state index in [2.05, 4.69) is 10.2 Å². The largest absolute Gasteiger partial charge is 0.372 e. The van der Waals surface area contributed by atoms with Gasteiger partial charge in [-0.15, -0.1) is 0 Å². The van der Waals surface area contributed by atoms with Crippen molar-refractivity contribution in [3.05, 3.63) is 53.6 Å². The molecule has 0 saturated carbocycles. The average Bonchev–Trinajstić information content (AvgIpc) is 3.33. The summed E-state index contributed by atoms with van der Waals surface area (Å²) in [6.45, 7) is 2.57. The minimum atomic E-state index is -0.355. The van der Waals surface area contributed by atoms with Crippen LogP contribution >= 0.6 is 11.6 Å². The first-order valence-corrected chi connectivity index (χ1v) is 9.70. The summed E-state index contributed by atoms with van der Waals surface area (Å²) in [5.74, 6) is -0.512. The minimum absolute atomic E-state index is 0.0400. The van der Waals surface area contributed by atoms with Crippen molar-refractivity contribution in [1.82, 2.24) is 0 Å². The molecule has 140 valence electrons. The molecule has 1 atom stereocenters. The van der Waals surface area contributed by atoms with Crippen molar-refractivity contribution in [3.63, 3.8) is 0 Å². The van der Waals surface area contributed by atoms with Crippen molar-refractivity contribution in [2.24, 2.45) is 5.92 Å². The van der Waals surface area contributed by atoms with Crippen LogP contribution in [0.2, 0.25) is 5.02 Å². The number of anilines is 3. The molecule has 2 aliphatic heterocycles. The standard InChI is InChI=1S/C21H22ClN3O2/c22-16-3-7-19(8-4-16)25-14-15(13-20(25)26)21(27)23-17-5-9-18(10-6-17)24-11-1-2-12-24/h3-10,15H,1-2,11-14H2,(H,23,27). The van der Waals surface area contributed by atoms with Crippen molar-refractivity contribution in [2.45, 2.75) is 19.3 Å². The lowest BCUT2D eigenvalue weighted by atomic mass is 10.1. The molecule has 0 aromatic heterocycles. The first-order chi connectivity index (χ1) is 13.1. The second kappa shape index (κ2) is 7.61. The van der Waals surface area contributed by atoms with E-state index in [-0.39, 0.29) is 24.2 Å². The fourth-order valence-electron chi connectivity index (χ4n) is 3.73. The van der Waals surface area contributed by atoms with Gasteiger partial charge in [0.25, 0.3) is 0 Å². The first-order valence-electron chi connectivity index (χ1n) is 9.32. The summed E-state index contributed by atoms with van der Waals surface area (Å²) in [7, 11) is 0. The molecule has 6 heteroatoms. The highest BCUT2D eigenvalue weighted by Crippen LogP contribution is 2.28. The molecular weight excluding hydrogens is 362 g/mol. The van der Waals surface area contributed by atoms with Crippen molar-refractivity contribution in [1.29, 1.82) is 0 Å². The lowest BCUT2D eigenvalue weighted by Gasteiger charge is -2.18. The zero-order valence-electron chi connectivity index (χ0n) is 15.0. The number of nitrogens with one attached hydrogen (secondary N) is 1. The van der Waals surface area contributed by atoms with Crippen molar-refractivity contribution < 1.29 is 9.59 Å². The molecule has 2 aromatic carbocycles. The molecule has 2 aromatic rings. The molecule has 0 aliphatic carbocycles. The van der Waals surface area contributed by atoms with Gasteiger partial charge in [0.1, 0.15) is 0 Å². The molecule has 2 aliphatic rings. The van der Waals surface area contributed by atoms with Gasteiger partial charge in [0.05, 0.1) is 5.92 Å². The number of hydrogen-bond donors (Lipinski definition) is 1. The summed E-state index contributed by atoms with van der Waals surface area (Å²) in [6, 6.07) is 15.0. The average molecular weight is 384 g/mol. The second-order valence-electron chi connectivity index (χ2n) is 7.11. The number of benzene rings is 2. The number of carbonyl (C=O) groups is 2. The van der Waals surface area contributed by atoms with Gasteiger partial charge in [-0.2, -0.15) is 0 Å². The Balaban J connectivity index is 1.38. The molecule has 1 unspecified atom stereocenters. The van der Waals surface area contributed by atoms with E-state index in [0.29, 0.717) is 11.6 Å². The van der Waals surface area contributed by atoms with Gasteiger partial charge >= 0.3 is 0 Å². The third-order valence-electron chi connectivity index (χ3n) is 5.24. The maximum absolute atomic E-state index is 12.6. The first kappa shape index (κ1) is 17.9. The van der Waals surface area contributed by atoms with Crippen LogP contribution in [0.5, 0.6) is 0 Å². The predicted molar refractivity (Wildman–Crippen MR) is 108 cm³/mol. The Morgan fingerprint density at radius 2 is 1.59 bits per heavy atom. The van der Waals surface area contributed by atoms with Gasteiger partial charge in [0.2, 0.25) is 11.8 Å². The summed E-state index contributed by atoms with van der Waals surface area (Å²) < 4.78 is 0. The molecule has 0 radical (unpaired) electrons. The van der Waals surface area contributed by atoms with E-state index < -0.39 is 0 Å². The van der Waals surface area contributed by atoms with Gasteiger partial charge in [-0.1, -0.05) is 11.6 Å². The number of hydrogen-bond acceptors (Lipinski definition) is 3. The monoisotopic (exact) mass is 383 g/mol. The Morgan fingerprint density at radius 1 is 0.963 bits per heavy atom. The van der Waals surface area contributed by atoms with Crippen molar-refractivity contribution >= 4 is 40.5 Å². The van der Waals surface area contributed by atoms with E-state index >= 15 is 0 Å². The quantitative estimate of drug-likeness (QED) is 0.870. The molecule has 0 spiro atoms. The lowest BCUT2D eigenvalue weighted by molar-refractivity contribution is -0.122. The van der Waals surface area contributed by atoms with Gasteiger partial charge < -0.3 is 15.1 Å². The summed E-state index contributed by atoms with van der Waals surface area (Å²) in [4.78, 5) is 28.9. The van der Waals surface area contributed by atoms with Crippen LogP contribution in [0.25, 0.3) is 0 Å². The number of halogens is 1. The third-order valence-corrected chi connectivity index (χ3v) is 5.49. The maximum Gasteiger partial charge on any atom is 0.229 e. The van der Waals surface area contributed by atoms with Crippen LogP contribution in [0.4, 0.5) is 17.1 Å². The van der Waals surface area contributed by atoms with E-state index in [1.165, 1.54) is 18.5 Å². The molecule has 5 nitrogen and oxygen atoms in total. The van der Waals surface area contributed by atoms with E-state index in [1.54, 1.807) is 29.2 Å².